The number of phenols is 1. The number of H-pyrrole nitrogens is 1. The predicted octanol–water partition coefficient (Wildman–Crippen LogP) is 1.07. The normalized spacial score (nSPS) is 10.5. The van der Waals surface area contributed by atoms with Gasteiger partial charge in [0, 0.05) is 5.56 Å². The summed E-state index contributed by atoms with van der Waals surface area (Å²) in [5.41, 5.74) is 0.710. The van der Waals surface area contributed by atoms with E-state index in [1.54, 1.807) is 12.1 Å². The second-order valence-electron chi connectivity index (χ2n) is 3.38. The molecule has 0 fully saturated rings. The highest BCUT2D eigenvalue weighted by Crippen LogP contribution is 2.30. The number of benzene rings is 1. The van der Waals surface area contributed by atoms with Crippen molar-refractivity contribution in [2.75, 3.05) is 6.61 Å². The number of nitrogens with zero attached hydrogens (tertiary/aromatic N) is 2. The van der Waals surface area contributed by atoms with Crippen molar-refractivity contribution in [2.24, 2.45) is 0 Å². The molecule has 2 rings (SSSR count). The average molecular weight is 235 g/mol. The van der Waals surface area contributed by atoms with E-state index in [1.165, 1.54) is 6.07 Å². The highest BCUT2D eigenvalue weighted by atomic mass is 16.5. The van der Waals surface area contributed by atoms with Gasteiger partial charge in [0.05, 0.1) is 6.61 Å². The first kappa shape index (κ1) is 11.4. The number of aliphatic hydroxyl groups is 1. The zero-order chi connectivity index (χ0) is 12.3. The molecule has 0 radical (unpaired) electrons. The molecule has 1 heterocycles. The Morgan fingerprint density at radius 1 is 1.41 bits per heavy atom. The number of aromatic amines is 1. The predicted molar refractivity (Wildman–Crippen MR) is 60.6 cm³/mol. The minimum atomic E-state index is -0.191. The Hall–Kier alpha value is -2.08. The van der Waals surface area contributed by atoms with Gasteiger partial charge in [0.2, 0.25) is 0 Å². The Labute approximate surface area is 97.9 Å². The van der Waals surface area contributed by atoms with Crippen LogP contribution in [0.25, 0.3) is 11.4 Å². The maximum atomic E-state index is 9.55. The molecule has 6 nitrogen and oxygen atoms in total. The smallest absolute Gasteiger partial charge is 0.181 e. The summed E-state index contributed by atoms with van der Waals surface area (Å²) in [5.74, 6) is 1.31. The summed E-state index contributed by atoms with van der Waals surface area (Å²) in [6.07, 6.45) is 0. The number of aromatic nitrogens is 3. The number of hydrogen-bond donors (Lipinski definition) is 3. The quantitative estimate of drug-likeness (QED) is 0.737. The van der Waals surface area contributed by atoms with E-state index in [0.717, 1.165) is 0 Å². The SMILES string of the molecule is CCOc1cc(-c2n[nH]c(CO)n2)ccc1O. The van der Waals surface area contributed by atoms with Crippen LogP contribution in [-0.4, -0.2) is 32.0 Å². The van der Waals surface area contributed by atoms with Crippen molar-refractivity contribution in [2.45, 2.75) is 13.5 Å². The fourth-order valence-corrected chi connectivity index (χ4v) is 1.42. The lowest BCUT2D eigenvalue weighted by Crippen LogP contribution is -1.92. The molecule has 0 spiro atoms. The van der Waals surface area contributed by atoms with Gasteiger partial charge in [0.15, 0.2) is 23.1 Å². The third-order valence-corrected chi connectivity index (χ3v) is 2.20. The maximum Gasteiger partial charge on any atom is 0.181 e. The minimum absolute atomic E-state index is 0.0773. The van der Waals surface area contributed by atoms with Gasteiger partial charge in [0.1, 0.15) is 6.61 Å². The lowest BCUT2D eigenvalue weighted by molar-refractivity contribution is 0.272. The maximum absolute atomic E-state index is 9.55. The molecular formula is C11H13N3O3. The number of ether oxygens (including phenoxy) is 1. The van der Waals surface area contributed by atoms with E-state index >= 15 is 0 Å². The van der Waals surface area contributed by atoms with Crippen molar-refractivity contribution in [3.8, 4) is 22.9 Å². The molecule has 0 saturated carbocycles. The number of aliphatic hydroxyl groups excluding tert-OH is 1. The van der Waals surface area contributed by atoms with Gasteiger partial charge in [-0.2, -0.15) is 5.10 Å². The molecule has 17 heavy (non-hydrogen) atoms. The molecule has 0 saturated heterocycles. The van der Waals surface area contributed by atoms with Crippen molar-refractivity contribution in [1.29, 1.82) is 0 Å². The van der Waals surface area contributed by atoms with E-state index in [9.17, 15) is 5.11 Å². The van der Waals surface area contributed by atoms with E-state index in [1.807, 2.05) is 6.92 Å². The molecule has 0 atom stereocenters. The summed E-state index contributed by atoms with van der Waals surface area (Å²) in [7, 11) is 0. The molecule has 0 aliphatic carbocycles. The van der Waals surface area contributed by atoms with Gasteiger partial charge in [-0.05, 0) is 25.1 Å². The summed E-state index contributed by atoms with van der Waals surface area (Å²) >= 11 is 0. The first-order valence-electron chi connectivity index (χ1n) is 5.23. The largest absolute Gasteiger partial charge is 0.504 e. The Morgan fingerprint density at radius 2 is 2.24 bits per heavy atom. The van der Waals surface area contributed by atoms with Gasteiger partial charge in [0.25, 0.3) is 0 Å². The second-order valence-corrected chi connectivity index (χ2v) is 3.38. The number of rotatable bonds is 4. The molecule has 0 bridgehead atoms. The van der Waals surface area contributed by atoms with Gasteiger partial charge < -0.3 is 14.9 Å². The summed E-state index contributed by atoms with van der Waals surface area (Å²) in [4.78, 5) is 4.08. The minimum Gasteiger partial charge on any atom is -0.504 e. The average Bonchev–Trinajstić information content (AvgIpc) is 2.81. The summed E-state index contributed by atoms with van der Waals surface area (Å²) in [6, 6.07) is 4.86. The highest BCUT2D eigenvalue weighted by molar-refractivity contribution is 5.60. The Bertz CT molecular complexity index is 510. The second kappa shape index (κ2) is 4.84. The van der Waals surface area contributed by atoms with Crippen molar-refractivity contribution < 1.29 is 14.9 Å². The van der Waals surface area contributed by atoms with Crippen LogP contribution in [0, 0.1) is 0 Å². The molecule has 0 aliphatic rings. The molecule has 2 aromatic rings. The Morgan fingerprint density at radius 3 is 2.88 bits per heavy atom. The van der Waals surface area contributed by atoms with Crippen molar-refractivity contribution in [3.63, 3.8) is 0 Å². The lowest BCUT2D eigenvalue weighted by Gasteiger charge is -2.06. The van der Waals surface area contributed by atoms with Crippen LogP contribution in [0.15, 0.2) is 18.2 Å². The van der Waals surface area contributed by atoms with Crippen LogP contribution in [0.4, 0.5) is 0 Å². The van der Waals surface area contributed by atoms with Gasteiger partial charge in [-0.1, -0.05) is 0 Å². The van der Waals surface area contributed by atoms with Crippen molar-refractivity contribution >= 4 is 0 Å². The van der Waals surface area contributed by atoms with Crippen LogP contribution in [0.1, 0.15) is 12.7 Å². The molecular weight excluding hydrogens is 222 g/mol. The Kier molecular flexibility index (Phi) is 3.24. The first-order chi connectivity index (χ1) is 8.24. The standard InChI is InChI=1S/C11H13N3O3/c1-2-17-9-5-7(3-4-8(9)16)11-12-10(6-15)13-14-11/h3-5,15-16H,2,6H2,1H3,(H,12,13,14). The van der Waals surface area contributed by atoms with E-state index in [-0.39, 0.29) is 12.4 Å². The monoisotopic (exact) mass is 235 g/mol. The highest BCUT2D eigenvalue weighted by Gasteiger charge is 2.09. The van der Waals surface area contributed by atoms with E-state index in [0.29, 0.717) is 29.6 Å². The van der Waals surface area contributed by atoms with Gasteiger partial charge in [-0.25, -0.2) is 4.98 Å². The summed E-state index contributed by atoms with van der Waals surface area (Å²) in [6.45, 7) is 2.11. The van der Waals surface area contributed by atoms with Crippen LogP contribution in [0.5, 0.6) is 11.5 Å². The zero-order valence-electron chi connectivity index (χ0n) is 9.34. The third-order valence-electron chi connectivity index (χ3n) is 2.20. The van der Waals surface area contributed by atoms with Crippen molar-refractivity contribution in [3.05, 3.63) is 24.0 Å². The van der Waals surface area contributed by atoms with E-state index in [2.05, 4.69) is 15.2 Å². The van der Waals surface area contributed by atoms with Crippen molar-refractivity contribution in [1.82, 2.24) is 15.2 Å². The third kappa shape index (κ3) is 2.36. The molecule has 1 aromatic heterocycles. The number of hydrogen-bond acceptors (Lipinski definition) is 5. The van der Waals surface area contributed by atoms with Gasteiger partial charge in [-0.3, -0.25) is 5.10 Å². The summed E-state index contributed by atoms with van der Waals surface area (Å²) < 4.78 is 5.27. The molecule has 0 unspecified atom stereocenters. The van der Waals surface area contributed by atoms with E-state index < -0.39 is 0 Å². The van der Waals surface area contributed by atoms with Gasteiger partial charge in [-0.15, -0.1) is 0 Å². The van der Waals surface area contributed by atoms with Gasteiger partial charge >= 0.3 is 0 Å². The molecule has 0 aliphatic heterocycles. The van der Waals surface area contributed by atoms with Crippen LogP contribution in [0.2, 0.25) is 0 Å². The lowest BCUT2D eigenvalue weighted by atomic mass is 10.2. The molecule has 1 aromatic carbocycles. The van der Waals surface area contributed by atoms with Crippen LogP contribution >= 0.6 is 0 Å². The zero-order valence-corrected chi connectivity index (χ0v) is 9.34. The molecule has 0 amide bonds. The van der Waals surface area contributed by atoms with Crippen LogP contribution in [0.3, 0.4) is 0 Å². The van der Waals surface area contributed by atoms with E-state index in [4.69, 9.17) is 9.84 Å². The summed E-state index contributed by atoms with van der Waals surface area (Å²) in [5, 5.41) is 25.0. The number of phenolic OH excluding ortho intramolecular Hbond substituents is 1. The first-order valence-corrected chi connectivity index (χ1v) is 5.23. The number of aromatic hydroxyl groups is 1. The fraction of sp³-hybridized carbons (Fsp3) is 0.273. The molecule has 3 N–H and O–H groups in total. The van der Waals surface area contributed by atoms with Crippen LogP contribution < -0.4 is 4.74 Å². The molecule has 6 heteroatoms. The fourth-order valence-electron chi connectivity index (χ4n) is 1.42. The topological polar surface area (TPSA) is 91.3 Å². The Balaban J connectivity index is 2.35. The molecule has 90 valence electrons. The van der Waals surface area contributed by atoms with Crippen LogP contribution in [-0.2, 0) is 6.61 Å². The number of nitrogens with one attached hydrogen (secondary N) is 1.